The Bertz CT molecular complexity index is 333. The molecule has 104 valence electrons. The summed E-state index contributed by atoms with van der Waals surface area (Å²) in [7, 11) is 0. The zero-order valence-electron chi connectivity index (χ0n) is 10.5. The van der Waals surface area contributed by atoms with Gasteiger partial charge < -0.3 is 15.5 Å². The highest BCUT2D eigenvalue weighted by atomic mass is 32.2. The van der Waals surface area contributed by atoms with Crippen LogP contribution in [-0.2, 0) is 14.4 Å². The highest BCUT2D eigenvalue weighted by Gasteiger charge is 2.35. The highest BCUT2D eigenvalue weighted by molar-refractivity contribution is 8.13. The Kier molecular flexibility index (Phi) is 6.93. The van der Waals surface area contributed by atoms with Crippen LogP contribution in [0.2, 0.25) is 0 Å². The van der Waals surface area contributed by atoms with Gasteiger partial charge in [0.1, 0.15) is 6.04 Å². The summed E-state index contributed by atoms with van der Waals surface area (Å²) >= 11 is 1.10. The summed E-state index contributed by atoms with van der Waals surface area (Å²) < 4.78 is 0. The number of thioether (sulfide) groups is 1. The predicted octanol–water partition coefficient (Wildman–Crippen LogP) is 0.153. The third kappa shape index (κ3) is 4.30. The summed E-state index contributed by atoms with van der Waals surface area (Å²) in [4.78, 5) is 35.2. The van der Waals surface area contributed by atoms with Crippen LogP contribution in [0.5, 0.6) is 0 Å². The molecule has 0 aromatic heterocycles. The Morgan fingerprint density at radius 1 is 1.44 bits per heavy atom. The molecule has 1 aliphatic heterocycles. The number of rotatable bonds is 4. The van der Waals surface area contributed by atoms with E-state index in [0.717, 1.165) is 18.2 Å². The number of hydrogen-bond acceptors (Lipinski definition) is 4. The van der Waals surface area contributed by atoms with Crippen LogP contribution >= 0.6 is 11.8 Å². The number of carbonyl (C=O) groups is 3. The molecule has 0 aromatic carbocycles. The van der Waals surface area contributed by atoms with Crippen LogP contribution in [0.15, 0.2) is 0 Å². The third-order valence-corrected chi connectivity index (χ3v) is 3.85. The lowest BCUT2D eigenvalue weighted by Crippen LogP contribution is -2.43. The zero-order chi connectivity index (χ0) is 13.0. The van der Waals surface area contributed by atoms with E-state index in [1.807, 2.05) is 0 Å². The average Bonchev–Trinajstić information content (AvgIpc) is 2.73. The molecule has 0 aliphatic carbocycles. The minimum Gasteiger partial charge on any atom is -0.480 e. The van der Waals surface area contributed by atoms with Gasteiger partial charge in [0, 0.05) is 25.1 Å². The summed E-state index contributed by atoms with van der Waals surface area (Å²) in [5.74, 6) is -1.01. The minimum atomic E-state index is -0.942. The van der Waals surface area contributed by atoms with Crippen molar-refractivity contribution in [1.29, 1.82) is 0 Å². The normalized spacial score (nSPS) is 20.1. The summed E-state index contributed by atoms with van der Waals surface area (Å²) in [5.41, 5.74) is 0. The number of nitrogens with zero attached hydrogens (tertiary/aromatic N) is 1. The lowest BCUT2D eigenvalue weighted by molar-refractivity contribution is -0.149. The number of aliphatic carboxylic acids is 1. The second-order valence-electron chi connectivity index (χ2n) is 4.23. The van der Waals surface area contributed by atoms with Gasteiger partial charge in [0.15, 0.2) is 5.12 Å². The molecule has 1 saturated heterocycles. The molecule has 0 spiro atoms. The monoisotopic (exact) mass is 277 g/mol. The molecule has 1 amide bonds. The van der Waals surface area contributed by atoms with Crippen LogP contribution < -0.4 is 0 Å². The van der Waals surface area contributed by atoms with Crippen LogP contribution in [0, 0.1) is 5.92 Å². The average molecular weight is 277 g/mol. The van der Waals surface area contributed by atoms with Gasteiger partial charge >= 0.3 is 5.97 Å². The first-order chi connectivity index (χ1) is 7.93. The van der Waals surface area contributed by atoms with Crippen LogP contribution in [0.4, 0.5) is 0 Å². The molecular formula is C11H19NO5S. The van der Waals surface area contributed by atoms with Gasteiger partial charge in [-0.1, -0.05) is 18.7 Å². The molecule has 3 N–H and O–H groups in total. The molecule has 18 heavy (non-hydrogen) atoms. The molecule has 1 heterocycles. The molecule has 6 nitrogen and oxygen atoms in total. The van der Waals surface area contributed by atoms with Crippen molar-refractivity contribution in [3.8, 4) is 0 Å². The van der Waals surface area contributed by atoms with Crippen molar-refractivity contribution in [2.24, 2.45) is 5.92 Å². The van der Waals surface area contributed by atoms with E-state index < -0.39 is 12.0 Å². The Morgan fingerprint density at radius 3 is 2.56 bits per heavy atom. The van der Waals surface area contributed by atoms with Gasteiger partial charge in [0.05, 0.1) is 0 Å². The first kappa shape index (κ1) is 16.9. The van der Waals surface area contributed by atoms with E-state index in [-0.39, 0.29) is 22.4 Å². The van der Waals surface area contributed by atoms with Crippen molar-refractivity contribution >= 4 is 28.8 Å². The maximum absolute atomic E-state index is 12.0. The van der Waals surface area contributed by atoms with E-state index >= 15 is 0 Å². The smallest absolute Gasteiger partial charge is 0.326 e. The number of likely N-dealkylation sites (tertiary alicyclic amines) is 1. The van der Waals surface area contributed by atoms with Crippen LogP contribution in [-0.4, -0.2) is 50.8 Å². The first-order valence-electron chi connectivity index (χ1n) is 5.60. The fraction of sp³-hybridized carbons (Fsp3) is 0.727. The first-order valence-corrected chi connectivity index (χ1v) is 6.58. The van der Waals surface area contributed by atoms with Gasteiger partial charge in [0.2, 0.25) is 5.91 Å². The van der Waals surface area contributed by atoms with Crippen molar-refractivity contribution in [2.45, 2.75) is 32.7 Å². The standard InChI is InChI=1S/C11H17NO4S.H2O/c1-7(6-17-8(2)13)10(14)12-5-3-4-9(12)11(15)16;/h7,9H,3-6H2,1-2H3,(H,15,16);1H2. The fourth-order valence-electron chi connectivity index (χ4n) is 1.88. The van der Waals surface area contributed by atoms with E-state index in [4.69, 9.17) is 5.11 Å². The number of carboxylic acid groups (broad SMARTS) is 1. The largest absolute Gasteiger partial charge is 0.480 e. The molecule has 0 saturated carbocycles. The lowest BCUT2D eigenvalue weighted by Gasteiger charge is -2.24. The highest BCUT2D eigenvalue weighted by Crippen LogP contribution is 2.21. The molecule has 2 atom stereocenters. The summed E-state index contributed by atoms with van der Waals surface area (Å²) in [6, 6.07) is -0.688. The summed E-state index contributed by atoms with van der Waals surface area (Å²) in [6.07, 6.45) is 1.25. The number of carbonyl (C=O) groups excluding carboxylic acids is 2. The number of hydrogen-bond donors (Lipinski definition) is 1. The maximum Gasteiger partial charge on any atom is 0.326 e. The molecule has 1 rings (SSSR count). The van der Waals surface area contributed by atoms with Crippen molar-refractivity contribution in [1.82, 2.24) is 4.90 Å². The van der Waals surface area contributed by atoms with Crippen LogP contribution in [0.3, 0.4) is 0 Å². The zero-order valence-corrected chi connectivity index (χ0v) is 11.3. The van der Waals surface area contributed by atoms with Crippen LogP contribution in [0.1, 0.15) is 26.7 Å². The minimum absolute atomic E-state index is 0. The molecule has 1 aliphatic rings. The molecular weight excluding hydrogens is 258 g/mol. The quantitative estimate of drug-likeness (QED) is 0.787. The molecule has 0 radical (unpaired) electrons. The van der Waals surface area contributed by atoms with Crippen molar-refractivity contribution in [3.05, 3.63) is 0 Å². The van der Waals surface area contributed by atoms with Gasteiger partial charge in [0.25, 0.3) is 0 Å². The molecule has 1 fully saturated rings. The van der Waals surface area contributed by atoms with Gasteiger partial charge in [-0.2, -0.15) is 0 Å². The second kappa shape index (κ2) is 7.38. The van der Waals surface area contributed by atoms with Crippen LogP contribution in [0.25, 0.3) is 0 Å². The van der Waals surface area contributed by atoms with E-state index in [1.54, 1.807) is 6.92 Å². The Morgan fingerprint density at radius 2 is 2.06 bits per heavy atom. The third-order valence-electron chi connectivity index (χ3n) is 2.78. The van der Waals surface area contributed by atoms with Gasteiger partial charge in [-0.25, -0.2) is 4.79 Å². The predicted molar refractivity (Wildman–Crippen MR) is 68.3 cm³/mol. The van der Waals surface area contributed by atoms with E-state index in [1.165, 1.54) is 11.8 Å². The van der Waals surface area contributed by atoms with E-state index in [2.05, 4.69) is 0 Å². The van der Waals surface area contributed by atoms with E-state index in [9.17, 15) is 14.4 Å². The molecule has 7 heteroatoms. The van der Waals surface area contributed by atoms with Crippen molar-refractivity contribution < 1.29 is 25.0 Å². The molecule has 0 aromatic rings. The Balaban J connectivity index is 0.00000289. The lowest BCUT2D eigenvalue weighted by atomic mass is 10.1. The van der Waals surface area contributed by atoms with Gasteiger partial charge in [-0.15, -0.1) is 0 Å². The summed E-state index contributed by atoms with van der Waals surface area (Å²) in [5, 5.41) is 8.95. The van der Waals surface area contributed by atoms with Crippen molar-refractivity contribution in [3.63, 3.8) is 0 Å². The number of carboxylic acids is 1. The van der Waals surface area contributed by atoms with Gasteiger partial charge in [-0.05, 0) is 12.8 Å². The number of amides is 1. The molecule has 2 unspecified atom stereocenters. The van der Waals surface area contributed by atoms with Gasteiger partial charge in [-0.3, -0.25) is 9.59 Å². The Labute approximate surface area is 110 Å². The SMILES string of the molecule is CC(=O)SCC(C)C(=O)N1CCCC1C(=O)O.O. The van der Waals surface area contributed by atoms with E-state index in [0.29, 0.717) is 18.7 Å². The molecule has 0 bridgehead atoms. The Hall–Kier alpha value is -1.08. The fourth-order valence-corrected chi connectivity index (χ4v) is 2.51. The summed E-state index contributed by atoms with van der Waals surface area (Å²) in [6.45, 7) is 3.69. The maximum atomic E-state index is 12.0. The second-order valence-corrected chi connectivity index (χ2v) is 5.43. The van der Waals surface area contributed by atoms with Crippen molar-refractivity contribution in [2.75, 3.05) is 12.3 Å². The topological polar surface area (TPSA) is 106 Å².